The number of hydrogen-bond donors (Lipinski definition) is 2. The lowest BCUT2D eigenvalue weighted by Gasteiger charge is -2.20. The lowest BCUT2D eigenvalue weighted by Crippen LogP contribution is -2.31. The molecule has 1 fully saturated rings. The van der Waals surface area contributed by atoms with Crippen molar-refractivity contribution in [2.24, 2.45) is 0 Å². The van der Waals surface area contributed by atoms with Crippen LogP contribution in [-0.2, 0) is 0 Å². The number of thioether (sulfide) groups is 1. The zero-order valence-electron chi connectivity index (χ0n) is 8.05. The number of aryl methyl sites for hydroxylation is 2. The van der Waals surface area contributed by atoms with E-state index in [1.165, 1.54) is 11.4 Å². The molecule has 1 aromatic heterocycles. The second-order valence-corrected chi connectivity index (χ2v) is 4.56. The minimum Gasteiger partial charge on any atom is -0.345 e. The molecule has 2 heterocycles. The van der Waals surface area contributed by atoms with E-state index in [9.17, 15) is 0 Å². The van der Waals surface area contributed by atoms with Gasteiger partial charge in [0.2, 0.25) is 0 Å². The monoisotopic (exact) mass is 197 g/mol. The first-order valence-corrected chi connectivity index (χ1v) is 5.77. The maximum Gasteiger partial charge on any atom is 0.124 e. The summed E-state index contributed by atoms with van der Waals surface area (Å²) >= 11 is 1.99. The molecule has 13 heavy (non-hydrogen) atoms. The van der Waals surface area contributed by atoms with E-state index in [0.717, 1.165) is 23.8 Å². The standard InChI is InChI=1S/C9H15N3S/c1-6-7(2)12-9(11-6)8-5-13-4-3-10-8/h8,10H,3-5H2,1-2H3,(H,11,12). The van der Waals surface area contributed by atoms with Gasteiger partial charge in [-0.2, -0.15) is 11.8 Å². The van der Waals surface area contributed by atoms with Gasteiger partial charge in [-0.05, 0) is 13.8 Å². The van der Waals surface area contributed by atoms with Gasteiger partial charge in [0.15, 0.2) is 0 Å². The van der Waals surface area contributed by atoms with Crippen LogP contribution in [0.1, 0.15) is 23.3 Å². The van der Waals surface area contributed by atoms with Gasteiger partial charge in [-0.1, -0.05) is 0 Å². The Morgan fingerprint density at radius 1 is 1.46 bits per heavy atom. The van der Waals surface area contributed by atoms with Crippen LogP contribution in [-0.4, -0.2) is 28.0 Å². The Hall–Kier alpha value is -0.480. The zero-order valence-corrected chi connectivity index (χ0v) is 8.87. The number of hydrogen-bond acceptors (Lipinski definition) is 3. The summed E-state index contributed by atoms with van der Waals surface area (Å²) in [5.74, 6) is 3.45. The van der Waals surface area contributed by atoms with Gasteiger partial charge in [0, 0.05) is 23.7 Å². The fourth-order valence-corrected chi connectivity index (χ4v) is 2.42. The van der Waals surface area contributed by atoms with E-state index in [-0.39, 0.29) is 0 Å². The molecule has 1 aliphatic heterocycles. The molecular formula is C9H15N3S. The molecule has 0 spiro atoms. The van der Waals surface area contributed by atoms with Crippen molar-refractivity contribution in [3.63, 3.8) is 0 Å². The third kappa shape index (κ3) is 1.89. The van der Waals surface area contributed by atoms with Crippen molar-refractivity contribution in [1.29, 1.82) is 0 Å². The minimum atomic E-state index is 0.422. The number of nitrogens with zero attached hydrogens (tertiary/aromatic N) is 1. The molecule has 0 bridgehead atoms. The lowest BCUT2D eigenvalue weighted by molar-refractivity contribution is 0.568. The summed E-state index contributed by atoms with van der Waals surface area (Å²) in [6.45, 7) is 5.21. The first-order chi connectivity index (χ1) is 6.27. The smallest absolute Gasteiger partial charge is 0.124 e. The number of nitrogens with one attached hydrogen (secondary N) is 2. The topological polar surface area (TPSA) is 40.7 Å². The number of imidazole rings is 1. The van der Waals surface area contributed by atoms with Crippen LogP contribution in [0, 0.1) is 13.8 Å². The predicted molar refractivity (Wildman–Crippen MR) is 56.1 cm³/mol. The van der Waals surface area contributed by atoms with Crippen LogP contribution in [0.4, 0.5) is 0 Å². The summed E-state index contributed by atoms with van der Waals surface area (Å²) < 4.78 is 0. The van der Waals surface area contributed by atoms with Gasteiger partial charge in [0.25, 0.3) is 0 Å². The molecule has 0 aliphatic carbocycles. The van der Waals surface area contributed by atoms with Crippen LogP contribution in [0.25, 0.3) is 0 Å². The molecule has 1 aliphatic rings. The van der Waals surface area contributed by atoms with Gasteiger partial charge < -0.3 is 10.3 Å². The Kier molecular flexibility index (Phi) is 2.60. The van der Waals surface area contributed by atoms with E-state index in [1.807, 2.05) is 18.7 Å². The molecule has 0 radical (unpaired) electrons. The highest BCUT2D eigenvalue weighted by Gasteiger charge is 2.18. The van der Waals surface area contributed by atoms with Crippen LogP contribution in [0.3, 0.4) is 0 Å². The molecule has 1 unspecified atom stereocenters. The molecule has 4 heteroatoms. The molecule has 0 amide bonds. The van der Waals surface area contributed by atoms with E-state index in [1.54, 1.807) is 0 Å². The van der Waals surface area contributed by atoms with Gasteiger partial charge in [-0.15, -0.1) is 0 Å². The number of aromatic amines is 1. The second-order valence-electron chi connectivity index (χ2n) is 3.41. The quantitative estimate of drug-likeness (QED) is 0.715. The SMILES string of the molecule is Cc1nc(C2CSCCN2)[nH]c1C. The van der Waals surface area contributed by atoms with Crippen LogP contribution in [0.5, 0.6) is 0 Å². The third-order valence-corrected chi connectivity index (χ3v) is 3.46. The van der Waals surface area contributed by atoms with Crippen molar-refractivity contribution in [2.75, 3.05) is 18.1 Å². The lowest BCUT2D eigenvalue weighted by atomic mass is 10.3. The van der Waals surface area contributed by atoms with Crippen molar-refractivity contribution in [2.45, 2.75) is 19.9 Å². The third-order valence-electron chi connectivity index (χ3n) is 2.40. The fourth-order valence-electron chi connectivity index (χ4n) is 1.48. The van der Waals surface area contributed by atoms with Crippen LogP contribution < -0.4 is 5.32 Å². The molecule has 72 valence electrons. The summed E-state index contributed by atoms with van der Waals surface area (Å²) in [5, 5.41) is 3.46. The van der Waals surface area contributed by atoms with Crippen molar-refractivity contribution >= 4 is 11.8 Å². The Labute approximate surface area is 82.7 Å². The number of aromatic nitrogens is 2. The molecule has 2 rings (SSSR count). The summed E-state index contributed by atoms with van der Waals surface area (Å²) in [7, 11) is 0. The highest BCUT2D eigenvalue weighted by molar-refractivity contribution is 7.99. The van der Waals surface area contributed by atoms with Crippen molar-refractivity contribution in [3.8, 4) is 0 Å². The molecule has 1 atom stereocenters. The Bertz CT molecular complexity index is 270. The summed E-state index contributed by atoms with van der Waals surface area (Å²) in [4.78, 5) is 7.83. The van der Waals surface area contributed by atoms with Gasteiger partial charge in [-0.3, -0.25) is 0 Å². The van der Waals surface area contributed by atoms with Crippen molar-refractivity contribution in [1.82, 2.24) is 15.3 Å². The molecule has 1 saturated heterocycles. The average molecular weight is 197 g/mol. The average Bonchev–Trinajstić information content (AvgIpc) is 2.49. The number of H-pyrrole nitrogens is 1. The Balaban J connectivity index is 2.14. The highest BCUT2D eigenvalue weighted by Crippen LogP contribution is 2.20. The van der Waals surface area contributed by atoms with E-state index in [2.05, 4.69) is 22.2 Å². The summed E-state index contributed by atoms with van der Waals surface area (Å²) in [6, 6.07) is 0.422. The largest absolute Gasteiger partial charge is 0.345 e. The zero-order chi connectivity index (χ0) is 9.26. The van der Waals surface area contributed by atoms with Crippen molar-refractivity contribution < 1.29 is 0 Å². The van der Waals surface area contributed by atoms with Crippen LogP contribution in [0.2, 0.25) is 0 Å². The maximum atomic E-state index is 4.50. The Morgan fingerprint density at radius 3 is 2.85 bits per heavy atom. The minimum absolute atomic E-state index is 0.422. The first-order valence-electron chi connectivity index (χ1n) is 4.61. The summed E-state index contributed by atoms with van der Waals surface area (Å²) in [6.07, 6.45) is 0. The maximum absolute atomic E-state index is 4.50. The molecule has 0 saturated carbocycles. The normalized spacial score (nSPS) is 23.4. The summed E-state index contributed by atoms with van der Waals surface area (Å²) in [5.41, 5.74) is 2.31. The van der Waals surface area contributed by atoms with E-state index in [4.69, 9.17) is 0 Å². The molecule has 3 nitrogen and oxygen atoms in total. The molecular weight excluding hydrogens is 182 g/mol. The van der Waals surface area contributed by atoms with Crippen LogP contribution >= 0.6 is 11.8 Å². The first kappa shape index (κ1) is 9.09. The highest BCUT2D eigenvalue weighted by atomic mass is 32.2. The molecule has 1 aromatic rings. The number of rotatable bonds is 1. The Morgan fingerprint density at radius 2 is 2.31 bits per heavy atom. The van der Waals surface area contributed by atoms with Crippen molar-refractivity contribution in [3.05, 3.63) is 17.2 Å². The van der Waals surface area contributed by atoms with E-state index < -0.39 is 0 Å². The predicted octanol–water partition coefficient (Wildman–Crippen LogP) is 1.40. The van der Waals surface area contributed by atoms with E-state index >= 15 is 0 Å². The fraction of sp³-hybridized carbons (Fsp3) is 0.667. The van der Waals surface area contributed by atoms with Gasteiger partial charge in [0.1, 0.15) is 5.82 Å². The molecule has 2 N–H and O–H groups in total. The van der Waals surface area contributed by atoms with Gasteiger partial charge >= 0.3 is 0 Å². The van der Waals surface area contributed by atoms with Gasteiger partial charge in [-0.25, -0.2) is 4.98 Å². The second kappa shape index (κ2) is 3.72. The van der Waals surface area contributed by atoms with Gasteiger partial charge in [0.05, 0.1) is 11.7 Å². The van der Waals surface area contributed by atoms with E-state index in [0.29, 0.717) is 6.04 Å². The molecule has 0 aromatic carbocycles. The van der Waals surface area contributed by atoms with Crippen LogP contribution in [0.15, 0.2) is 0 Å².